The van der Waals surface area contributed by atoms with Crippen molar-refractivity contribution in [1.29, 1.82) is 0 Å². The van der Waals surface area contributed by atoms with Gasteiger partial charge in [0.05, 0.1) is 9.90 Å². The average molecular weight is 355 g/mol. The van der Waals surface area contributed by atoms with Crippen molar-refractivity contribution in [1.82, 2.24) is 0 Å². The monoisotopic (exact) mass is 354 g/mol. The molecule has 0 radical (unpaired) electrons. The van der Waals surface area contributed by atoms with Crippen LogP contribution in [0.15, 0.2) is 30.3 Å². The fourth-order valence-corrected chi connectivity index (χ4v) is 3.38. The lowest BCUT2D eigenvalue weighted by molar-refractivity contribution is -0.117. The second kappa shape index (κ2) is 6.28. The Hall–Kier alpha value is -1.56. The molecule has 0 atom stereocenters. The molecule has 4 nitrogen and oxygen atoms in total. The van der Waals surface area contributed by atoms with Gasteiger partial charge in [0.15, 0.2) is 0 Å². The maximum absolute atomic E-state index is 12.1. The second-order valence-electron chi connectivity index (χ2n) is 5.03. The van der Waals surface area contributed by atoms with Crippen LogP contribution < -0.4 is 10.6 Å². The molecular formula is C15H12Cl2N2O2S. The molecule has 2 amide bonds. The molecule has 2 aromatic rings. The van der Waals surface area contributed by atoms with E-state index in [4.69, 9.17) is 23.2 Å². The summed E-state index contributed by atoms with van der Waals surface area (Å²) in [4.78, 5) is 23.7. The number of halogens is 2. The summed E-state index contributed by atoms with van der Waals surface area (Å²) in [6, 6.07) is 8.48. The summed E-state index contributed by atoms with van der Waals surface area (Å²) in [7, 11) is 0. The van der Waals surface area contributed by atoms with Gasteiger partial charge in [-0.15, -0.1) is 11.3 Å². The van der Waals surface area contributed by atoms with Gasteiger partial charge in [-0.3, -0.25) is 9.59 Å². The van der Waals surface area contributed by atoms with Crippen LogP contribution in [-0.4, -0.2) is 11.8 Å². The molecule has 0 spiro atoms. The Balaban J connectivity index is 1.64. The third kappa shape index (κ3) is 3.61. The number of carbonyl (C=O) groups excluding carboxylic acids is 2. The first kappa shape index (κ1) is 15.3. The average Bonchev–Trinajstić information content (AvgIpc) is 3.26. The van der Waals surface area contributed by atoms with Crippen LogP contribution >= 0.6 is 34.5 Å². The Bertz CT molecular complexity index is 724. The molecule has 7 heteroatoms. The van der Waals surface area contributed by atoms with Crippen LogP contribution in [0.5, 0.6) is 0 Å². The van der Waals surface area contributed by atoms with E-state index in [-0.39, 0.29) is 17.7 Å². The topological polar surface area (TPSA) is 58.2 Å². The first-order valence-electron chi connectivity index (χ1n) is 6.70. The van der Waals surface area contributed by atoms with Crippen LogP contribution in [-0.2, 0) is 4.79 Å². The molecule has 1 aromatic heterocycles. The Kier molecular flexibility index (Phi) is 4.38. The van der Waals surface area contributed by atoms with Crippen LogP contribution in [0, 0.1) is 5.92 Å². The fourth-order valence-electron chi connectivity index (χ4n) is 1.92. The summed E-state index contributed by atoms with van der Waals surface area (Å²) in [5.41, 5.74) is 1.68. The van der Waals surface area contributed by atoms with E-state index in [0.717, 1.165) is 24.2 Å². The highest BCUT2D eigenvalue weighted by Gasteiger charge is 2.29. The highest BCUT2D eigenvalue weighted by molar-refractivity contribution is 7.20. The smallest absolute Gasteiger partial charge is 0.258 e. The molecule has 0 aliphatic heterocycles. The highest BCUT2D eigenvalue weighted by Crippen LogP contribution is 2.32. The minimum absolute atomic E-state index is 0.0523. The maximum atomic E-state index is 12.1. The number of thiophene rings is 1. The summed E-state index contributed by atoms with van der Waals surface area (Å²) in [5.74, 6) is -0.107. The van der Waals surface area contributed by atoms with Crippen molar-refractivity contribution in [2.45, 2.75) is 12.8 Å². The number of amides is 2. The maximum Gasteiger partial charge on any atom is 0.258 e. The largest absolute Gasteiger partial charge is 0.326 e. The lowest BCUT2D eigenvalue weighted by Crippen LogP contribution is -2.14. The minimum atomic E-state index is -0.317. The van der Waals surface area contributed by atoms with Gasteiger partial charge >= 0.3 is 0 Å². The van der Waals surface area contributed by atoms with E-state index in [0.29, 0.717) is 25.6 Å². The first-order valence-corrected chi connectivity index (χ1v) is 8.27. The molecular weight excluding hydrogens is 343 g/mol. The Morgan fingerprint density at radius 2 is 1.64 bits per heavy atom. The molecule has 0 unspecified atom stereocenters. The fraction of sp³-hybridized carbons (Fsp3) is 0.200. The van der Waals surface area contributed by atoms with Crippen LogP contribution in [0.25, 0.3) is 0 Å². The predicted octanol–water partition coefficient (Wildman–Crippen LogP) is 4.66. The van der Waals surface area contributed by atoms with E-state index >= 15 is 0 Å². The molecule has 1 heterocycles. The van der Waals surface area contributed by atoms with Gasteiger partial charge in [-0.1, -0.05) is 23.2 Å². The van der Waals surface area contributed by atoms with Gasteiger partial charge in [0.2, 0.25) is 5.91 Å². The van der Waals surface area contributed by atoms with E-state index in [2.05, 4.69) is 10.6 Å². The number of rotatable bonds is 4. The number of anilines is 2. The SMILES string of the molecule is O=C(Nc1ccc(NC(=O)C2CC2)cc1)c1cc(Cl)sc1Cl. The number of nitrogens with one attached hydrogen (secondary N) is 2. The van der Waals surface area contributed by atoms with Crippen LogP contribution in [0.3, 0.4) is 0 Å². The summed E-state index contributed by atoms with van der Waals surface area (Å²) >= 11 is 12.9. The zero-order valence-corrected chi connectivity index (χ0v) is 13.7. The van der Waals surface area contributed by atoms with E-state index in [1.807, 2.05) is 0 Å². The van der Waals surface area contributed by atoms with Crippen molar-refractivity contribution < 1.29 is 9.59 Å². The lowest BCUT2D eigenvalue weighted by atomic mass is 10.2. The molecule has 1 aliphatic carbocycles. The molecule has 0 bridgehead atoms. The van der Waals surface area contributed by atoms with Crippen LogP contribution in [0.1, 0.15) is 23.2 Å². The first-order chi connectivity index (χ1) is 10.5. The highest BCUT2D eigenvalue weighted by atomic mass is 35.5. The molecule has 1 aromatic carbocycles. The number of benzene rings is 1. The number of carbonyl (C=O) groups is 2. The van der Waals surface area contributed by atoms with Crippen molar-refractivity contribution in [3.63, 3.8) is 0 Å². The van der Waals surface area contributed by atoms with Gasteiger partial charge in [0.1, 0.15) is 4.34 Å². The second-order valence-corrected chi connectivity index (χ2v) is 7.32. The normalized spacial score (nSPS) is 13.7. The van der Waals surface area contributed by atoms with Crippen LogP contribution in [0.4, 0.5) is 11.4 Å². The van der Waals surface area contributed by atoms with Crippen molar-refractivity contribution in [3.8, 4) is 0 Å². The van der Waals surface area contributed by atoms with Gasteiger partial charge < -0.3 is 10.6 Å². The van der Waals surface area contributed by atoms with E-state index in [1.54, 1.807) is 24.3 Å². The third-order valence-electron chi connectivity index (χ3n) is 3.26. The molecule has 22 heavy (non-hydrogen) atoms. The van der Waals surface area contributed by atoms with Crippen LogP contribution in [0.2, 0.25) is 8.67 Å². The quantitative estimate of drug-likeness (QED) is 0.838. The Morgan fingerprint density at radius 3 is 2.14 bits per heavy atom. The Morgan fingerprint density at radius 1 is 1.05 bits per heavy atom. The Labute approximate surface area is 141 Å². The number of hydrogen-bond donors (Lipinski definition) is 2. The summed E-state index contributed by atoms with van der Waals surface area (Å²) in [5, 5.41) is 5.58. The van der Waals surface area contributed by atoms with E-state index < -0.39 is 0 Å². The lowest BCUT2D eigenvalue weighted by Gasteiger charge is -2.07. The molecule has 1 saturated carbocycles. The van der Waals surface area contributed by atoms with Gasteiger partial charge in [-0.2, -0.15) is 0 Å². The van der Waals surface area contributed by atoms with E-state index in [1.165, 1.54) is 6.07 Å². The number of hydrogen-bond acceptors (Lipinski definition) is 3. The standard InChI is InChI=1S/C15H12Cl2N2O2S/c16-12-7-11(13(17)22-12)15(21)19-10-5-3-9(4-6-10)18-14(20)8-1-2-8/h3-8H,1-2H2,(H,18,20)(H,19,21). The van der Waals surface area contributed by atoms with Gasteiger partial charge in [-0.25, -0.2) is 0 Å². The molecule has 1 aliphatic rings. The zero-order chi connectivity index (χ0) is 15.7. The minimum Gasteiger partial charge on any atom is -0.326 e. The predicted molar refractivity (Wildman–Crippen MR) is 90.1 cm³/mol. The third-order valence-corrected chi connectivity index (χ3v) is 4.75. The molecule has 0 saturated heterocycles. The van der Waals surface area contributed by atoms with Gasteiger partial charge in [0.25, 0.3) is 5.91 Å². The molecule has 3 rings (SSSR count). The van der Waals surface area contributed by atoms with Gasteiger partial charge in [-0.05, 0) is 43.2 Å². The molecule has 1 fully saturated rings. The molecule has 2 N–H and O–H groups in total. The summed E-state index contributed by atoms with van der Waals surface area (Å²) < 4.78 is 0.823. The summed E-state index contributed by atoms with van der Waals surface area (Å²) in [6.45, 7) is 0. The zero-order valence-electron chi connectivity index (χ0n) is 11.4. The van der Waals surface area contributed by atoms with Crippen molar-refractivity contribution in [2.24, 2.45) is 5.92 Å². The van der Waals surface area contributed by atoms with E-state index in [9.17, 15) is 9.59 Å². The van der Waals surface area contributed by atoms with Crippen molar-refractivity contribution >= 4 is 57.7 Å². The molecule has 114 valence electrons. The van der Waals surface area contributed by atoms with Crippen molar-refractivity contribution in [2.75, 3.05) is 10.6 Å². The summed E-state index contributed by atoms with van der Waals surface area (Å²) in [6.07, 6.45) is 1.92. The van der Waals surface area contributed by atoms with Gasteiger partial charge in [0, 0.05) is 17.3 Å². The van der Waals surface area contributed by atoms with Crippen molar-refractivity contribution in [3.05, 3.63) is 44.6 Å².